The van der Waals surface area contributed by atoms with E-state index in [0.29, 0.717) is 5.92 Å². The number of carbonyl (C=O) groups excluding carboxylic acids is 1. The zero-order chi connectivity index (χ0) is 12.4. The van der Waals surface area contributed by atoms with Gasteiger partial charge >= 0.3 is 0 Å². The highest BCUT2D eigenvalue weighted by Gasteiger charge is 2.28. The largest absolute Gasteiger partial charge is 0.356 e. The fourth-order valence-corrected chi connectivity index (χ4v) is 2.08. The molecule has 1 aromatic heterocycles. The first-order valence-electron chi connectivity index (χ1n) is 6.54. The molecule has 1 aliphatic carbocycles. The lowest BCUT2D eigenvalue weighted by atomic mass is 10.3. The molecule has 0 atom stereocenters. The van der Waals surface area contributed by atoms with E-state index in [9.17, 15) is 4.79 Å². The van der Waals surface area contributed by atoms with E-state index in [-0.39, 0.29) is 5.91 Å². The van der Waals surface area contributed by atoms with Crippen molar-refractivity contribution < 1.29 is 4.79 Å². The number of aryl methyl sites for hydroxylation is 1. The van der Waals surface area contributed by atoms with E-state index >= 15 is 0 Å². The minimum atomic E-state index is 0.222. The third-order valence-electron chi connectivity index (χ3n) is 3.28. The molecule has 18 heavy (non-hydrogen) atoms. The van der Waals surface area contributed by atoms with Crippen molar-refractivity contribution >= 4 is 16.9 Å². The molecule has 0 saturated heterocycles. The summed E-state index contributed by atoms with van der Waals surface area (Å²) in [4.78, 5) is 19.2. The summed E-state index contributed by atoms with van der Waals surface area (Å²) in [5, 5.41) is 2.97. The van der Waals surface area contributed by atoms with Crippen LogP contribution in [0.4, 0.5) is 0 Å². The van der Waals surface area contributed by atoms with Crippen LogP contribution in [-0.4, -0.2) is 22.4 Å². The summed E-state index contributed by atoms with van der Waals surface area (Å²) in [7, 11) is 0. The van der Waals surface area contributed by atoms with Crippen LogP contribution in [0.15, 0.2) is 24.3 Å². The number of amides is 1. The lowest BCUT2D eigenvalue weighted by Crippen LogP contribution is -2.26. The summed E-state index contributed by atoms with van der Waals surface area (Å²) in [5.41, 5.74) is 2.09. The van der Waals surface area contributed by atoms with Gasteiger partial charge in [0.15, 0.2) is 0 Å². The Labute approximate surface area is 106 Å². The molecule has 2 N–H and O–H groups in total. The molecule has 2 aromatic rings. The van der Waals surface area contributed by atoms with E-state index in [4.69, 9.17) is 0 Å². The number of imidazole rings is 1. The molecule has 1 amide bonds. The second-order valence-electron chi connectivity index (χ2n) is 4.87. The SMILES string of the molecule is O=C(NCCCc1nc2ccccc2[nH]1)C1CC1. The van der Waals surface area contributed by atoms with Crippen LogP contribution >= 0.6 is 0 Å². The molecule has 0 radical (unpaired) electrons. The van der Waals surface area contributed by atoms with E-state index in [0.717, 1.165) is 49.1 Å². The molecule has 0 spiro atoms. The summed E-state index contributed by atoms with van der Waals surface area (Å²) < 4.78 is 0. The highest BCUT2D eigenvalue weighted by atomic mass is 16.2. The van der Waals surface area contributed by atoms with Gasteiger partial charge in [-0.15, -0.1) is 0 Å². The molecule has 1 fully saturated rings. The first-order valence-corrected chi connectivity index (χ1v) is 6.54. The number of nitrogens with zero attached hydrogens (tertiary/aromatic N) is 1. The fraction of sp³-hybridized carbons (Fsp3) is 0.429. The predicted molar refractivity (Wildman–Crippen MR) is 70.1 cm³/mol. The molecule has 4 nitrogen and oxygen atoms in total. The quantitative estimate of drug-likeness (QED) is 0.789. The van der Waals surface area contributed by atoms with E-state index in [1.54, 1.807) is 0 Å². The minimum absolute atomic E-state index is 0.222. The Morgan fingerprint density at radius 2 is 2.22 bits per heavy atom. The molecule has 1 heterocycles. The molecule has 1 saturated carbocycles. The van der Waals surface area contributed by atoms with Crippen LogP contribution in [-0.2, 0) is 11.2 Å². The van der Waals surface area contributed by atoms with Gasteiger partial charge in [-0.25, -0.2) is 4.98 Å². The average molecular weight is 243 g/mol. The zero-order valence-corrected chi connectivity index (χ0v) is 10.3. The lowest BCUT2D eigenvalue weighted by Gasteiger charge is -2.02. The molecule has 1 aliphatic rings. The van der Waals surface area contributed by atoms with Gasteiger partial charge in [0.25, 0.3) is 0 Å². The second-order valence-corrected chi connectivity index (χ2v) is 4.87. The number of aromatic nitrogens is 2. The first kappa shape index (κ1) is 11.3. The van der Waals surface area contributed by atoms with E-state index in [2.05, 4.69) is 15.3 Å². The number of fused-ring (bicyclic) bond motifs is 1. The van der Waals surface area contributed by atoms with Crippen molar-refractivity contribution in [2.24, 2.45) is 5.92 Å². The number of rotatable bonds is 5. The Morgan fingerprint density at radius 1 is 1.39 bits per heavy atom. The van der Waals surface area contributed by atoms with Crippen LogP contribution in [0.3, 0.4) is 0 Å². The number of benzene rings is 1. The number of para-hydroxylation sites is 2. The molecule has 3 rings (SSSR count). The molecular weight excluding hydrogens is 226 g/mol. The normalized spacial score (nSPS) is 14.9. The zero-order valence-electron chi connectivity index (χ0n) is 10.3. The highest BCUT2D eigenvalue weighted by Crippen LogP contribution is 2.28. The third-order valence-corrected chi connectivity index (χ3v) is 3.28. The van der Waals surface area contributed by atoms with Crippen LogP contribution in [0.5, 0.6) is 0 Å². The smallest absolute Gasteiger partial charge is 0.223 e. The maximum atomic E-state index is 11.4. The van der Waals surface area contributed by atoms with E-state index in [1.807, 2.05) is 24.3 Å². The van der Waals surface area contributed by atoms with Crippen molar-refractivity contribution in [1.82, 2.24) is 15.3 Å². The van der Waals surface area contributed by atoms with Gasteiger partial charge in [-0.05, 0) is 31.4 Å². The second kappa shape index (κ2) is 4.80. The summed E-state index contributed by atoms with van der Waals surface area (Å²) in [5.74, 6) is 1.52. The number of nitrogens with one attached hydrogen (secondary N) is 2. The Balaban J connectivity index is 1.48. The van der Waals surface area contributed by atoms with Crippen LogP contribution in [0.2, 0.25) is 0 Å². The van der Waals surface area contributed by atoms with Gasteiger partial charge in [0.1, 0.15) is 5.82 Å². The number of hydrogen-bond donors (Lipinski definition) is 2. The molecule has 0 bridgehead atoms. The summed E-state index contributed by atoms with van der Waals surface area (Å²) in [6.07, 6.45) is 3.93. The first-order chi connectivity index (χ1) is 8.83. The Morgan fingerprint density at radius 3 is 3.00 bits per heavy atom. The molecule has 0 aliphatic heterocycles. The molecule has 4 heteroatoms. The number of carbonyl (C=O) groups is 1. The van der Waals surface area contributed by atoms with Crippen molar-refractivity contribution in [2.75, 3.05) is 6.54 Å². The minimum Gasteiger partial charge on any atom is -0.356 e. The van der Waals surface area contributed by atoms with Gasteiger partial charge < -0.3 is 10.3 Å². The molecule has 0 unspecified atom stereocenters. The van der Waals surface area contributed by atoms with Gasteiger partial charge in [0.05, 0.1) is 11.0 Å². The third kappa shape index (κ3) is 2.53. The standard InChI is InChI=1S/C14H17N3O/c18-14(10-7-8-10)15-9-3-6-13-16-11-4-1-2-5-12(11)17-13/h1-2,4-5,10H,3,6-9H2,(H,15,18)(H,16,17). The topological polar surface area (TPSA) is 57.8 Å². The number of aromatic amines is 1. The van der Waals surface area contributed by atoms with Crippen molar-refractivity contribution in [3.05, 3.63) is 30.1 Å². The van der Waals surface area contributed by atoms with Gasteiger partial charge in [-0.3, -0.25) is 4.79 Å². The maximum absolute atomic E-state index is 11.4. The van der Waals surface area contributed by atoms with E-state index < -0.39 is 0 Å². The van der Waals surface area contributed by atoms with Gasteiger partial charge in [0.2, 0.25) is 5.91 Å². The lowest BCUT2D eigenvalue weighted by molar-refractivity contribution is -0.122. The molecular formula is C14H17N3O. The summed E-state index contributed by atoms with van der Waals surface area (Å²) in [6, 6.07) is 8.02. The number of H-pyrrole nitrogens is 1. The van der Waals surface area contributed by atoms with Crippen molar-refractivity contribution in [2.45, 2.75) is 25.7 Å². The molecule has 94 valence electrons. The average Bonchev–Trinajstić information content (AvgIpc) is 3.14. The van der Waals surface area contributed by atoms with Gasteiger partial charge in [-0.2, -0.15) is 0 Å². The fourth-order valence-electron chi connectivity index (χ4n) is 2.08. The van der Waals surface area contributed by atoms with Crippen molar-refractivity contribution in [3.8, 4) is 0 Å². The summed E-state index contributed by atoms with van der Waals surface area (Å²) in [6.45, 7) is 0.742. The molecule has 1 aromatic carbocycles. The van der Waals surface area contributed by atoms with Crippen LogP contribution in [0, 0.1) is 5.92 Å². The number of hydrogen-bond acceptors (Lipinski definition) is 2. The van der Waals surface area contributed by atoms with Gasteiger partial charge in [-0.1, -0.05) is 12.1 Å². The van der Waals surface area contributed by atoms with Crippen LogP contribution < -0.4 is 5.32 Å². The van der Waals surface area contributed by atoms with E-state index in [1.165, 1.54) is 0 Å². The Bertz CT molecular complexity index is 524. The monoisotopic (exact) mass is 243 g/mol. The Kier molecular flexibility index (Phi) is 3.00. The Hall–Kier alpha value is -1.84. The maximum Gasteiger partial charge on any atom is 0.223 e. The van der Waals surface area contributed by atoms with Gasteiger partial charge in [0, 0.05) is 18.9 Å². The highest BCUT2D eigenvalue weighted by molar-refractivity contribution is 5.80. The van der Waals surface area contributed by atoms with Crippen LogP contribution in [0.1, 0.15) is 25.1 Å². The van der Waals surface area contributed by atoms with Crippen molar-refractivity contribution in [3.63, 3.8) is 0 Å². The predicted octanol–water partition coefficient (Wildman–Crippen LogP) is 2.02. The van der Waals surface area contributed by atoms with Crippen LogP contribution in [0.25, 0.3) is 11.0 Å². The van der Waals surface area contributed by atoms with Crippen molar-refractivity contribution in [1.29, 1.82) is 0 Å². The summed E-state index contributed by atoms with van der Waals surface area (Å²) >= 11 is 0.